The van der Waals surface area contributed by atoms with E-state index in [0.717, 1.165) is 92.2 Å². The number of hydrazone groups is 2. The third-order valence-electron chi connectivity index (χ3n) is 10.1. The molecule has 4 aliphatic heterocycles. The number of pyridine rings is 1. The lowest BCUT2D eigenvalue weighted by molar-refractivity contribution is 0.0750. The third kappa shape index (κ3) is 9.42. The molecular weight excluding hydrogens is 735 g/mol. The second-order valence-corrected chi connectivity index (χ2v) is 14.4. The minimum atomic E-state index is -0.0460. The van der Waals surface area contributed by atoms with E-state index in [9.17, 15) is 4.79 Å². The van der Waals surface area contributed by atoms with Gasteiger partial charge in [0.05, 0.1) is 63.3 Å². The molecule has 0 atom stereocenters. The summed E-state index contributed by atoms with van der Waals surface area (Å²) in [5, 5.41) is 12.0. The summed E-state index contributed by atoms with van der Waals surface area (Å²) in [5.74, 6) is 2.73. The molecule has 3 N–H and O–H groups in total. The normalized spacial score (nSPS) is 16.3. The number of anilines is 4. The zero-order valence-corrected chi connectivity index (χ0v) is 32.8. The number of fused-ring (bicyclic) bond motifs is 2. The minimum Gasteiger partial charge on any atom is -0.378 e. The van der Waals surface area contributed by atoms with Crippen LogP contribution in [0.4, 0.5) is 23.5 Å². The molecule has 7 heterocycles. The quantitative estimate of drug-likeness (QED) is 0.143. The van der Waals surface area contributed by atoms with Gasteiger partial charge in [-0.1, -0.05) is 59.7 Å². The predicted molar refractivity (Wildman–Crippen MR) is 223 cm³/mol. The van der Waals surface area contributed by atoms with Crippen molar-refractivity contribution in [2.45, 2.75) is 40.0 Å². The summed E-state index contributed by atoms with van der Waals surface area (Å²) < 4.78 is 11.0. The highest BCUT2D eigenvalue weighted by Crippen LogP contribution is 2.32. The summed E-state index contributed by atoms with van der Waals surface area (Å²) in [6.45, 7) is 12.5. The monoisotopic (exact) mass is 781 g/mol. The minimum absolute atomic E-state index is 0.0460. The van der Waals surface area contributed by atoms with Crippen molar-refractivity contribution in [3.63, 3.8) is 0 Å². The second kappa shape index (κ2) is 18.3. The van der Waals surface area contributed by atoms with Crippen LogP contribution < -0.4 is 26.0 Å². The van der Waals surface area contributed by atoms with Crippen molar-refractivity contribution in [1.82, 2.24) is 35.1 Å². The Labute approximate surface area is 337 Å². The van der Waals surface area contributed by atoms with Gasteiger partial charge in [-0.05, 0) is 37.1 Å². The van der Waals surface area contributed by atoms with E-state index < -0.39 is 0 Å². The number of amides is 1. The Hall–Kier alpha value is -6.36. The first kappa shape index (κ1) is 38.5. The van der Waals surface area contributed by atoms with Gasteiger partial charge in [-0.2, -0.15) is 20.2 Å². The number of rotatable bonds is 9. The summed E-state index contributed by atoms with van der Waals surface area (Å²) in [6.07, 6.45) is 6.79. The van der Waals surface area contributed by atoms with E-state index in [2.05, 4.69) is 76.2 Å². The summed E-state index contributed by atoms with van der Waals surface area (Å²) in [4.78, 5) is 42.0. The summed E-state index contributed by atoms with van der Waals surface area (Å²) in [7, 11) is 0. The summed E-state index contributed by atoms with van der Waals surface area (Å²) >= 11 is 0. The maximum Gasteiger partial charge on any atom is 0.254 e. The number of carbonyl (C=O) groups is 1. The maximum absolute atomic E-state index is 13.0. The molecule has 0 spiro atoms. The number of hydrogen-bond acceptors (Lipinski definition) is 15. The van der Waals surface area contributed by atoms with E-state index in [1.807, 2.05) is 37.3 Å². The van der Waals surface area contributed by atoms with Crippen LogP contribution in [0.1, 0.15) is 55.1 Å². The molecule has 0 aliphatic carbocycles. The van der Waals surface area contributed by atoms with Crippen LogP contribution in [0.3, 0.4) is 0 Å². The molecule has 2 fully saturated rings. The smallest absolute Gasteiger partial charge is 0.254 e. The van der Waals surface area contributed by atoms with Crippen LogP contribution in [0.25, 0.3) is 0 Å². The molecule has 3 aromatic heterocycles. The van der Waals surface area contributed by atoms with E-state index in [-0.39, 0.29) is 5.91 Å². The zero-order chi connectivity index (χ0) is 39.7. The van der Waals surface area contributed by atoms with Crippen molar-refractivity contribution in [3.8, 4) is 0 Å². The van der Waals surface area contributed by atoms with E-state index in [0.29, 0.717) is 43.8 Å². The molecule has 0 radical (unpaired) electrons. The molecule has 2 aromatic carbocycles. The summed E-state index contributed by atoms with van der Waals surface area (Å²) in [5.41, 5.74) is 15.0. The molecular formula is C42H47N13O3. The number of benzene rings is 2. The van der Waals surface area contributed by atoms with Crippen molar-refractivity contribution >= 4 is 41.9 Å². The van der Waals surface area contributed by atoms with Crippen LogP contribution in [-0.2, 0) is 35.7 Å². The van der Waals surface area contributed by atoms with Crippen LogP contribution in [0, 0.1) is 13.8 Å². The van der Waals surface area contributed by atoms with Gasteiger partial charge in [0.2, 0.25) is 11.9 Å². The first-order valence-corrected chi connectivity index (χ1v) is 19.5. The van der Waals surface area contributed by atoms with Gasteiger partial charge in [-0.25, -0.2) is 20.8 Å². The first-order valence-electron chi connectivity index (χ1n) is 19.5. The van der Waals surface area contributed by atoms with Crippen LogP contribution >= 0.6 is 0 Å². The van der Waals surface area contributed by atoms with Gasteiger partial charge in [0, 0.05) is 68.4 Å². The fraction of sp³-hybridized carbons (Fsp3) is 0.333. The molecule has 298 valence electrons. The Bertz CT molecular complexity index is 2270. The van der Waals surface area contributed by atoms with Gasteiger partial charge >= 0.3 is 0 Å². The fourth-order valence-corrected chi connectivity index (χ4v) is 7.21. The Balaban J connectivity index is 0.000000168. The molecule has 16 nitrogen and oxygen atoms in total. The molecule has 0 bridgehead atoms. The lowest BCUT2D eigenvalue weighted by atomic mass is 10.2. The first-order chi connectivity index (χ1) is 28.5. The number of aryl methyl sites for hydroxylation is 2. The molecule has 4 aliphatic rings. The van der Waals surface area contributed by atoms with Crippen LogP contribution in [0.5, 0.6) is 0 Å². The molecule has 0 unspecified atom stereocenters. The van der Waals surface area contributed by atoms with Crippen molar-refractivity contribution in [2.24, 2.45) is 10.2 Å². The van der Waals surface area contributed by atoms with Gasteiger partial charge in [0.1, 0.15) is 11.6 Å². The average molecular weight is 782 g/mol. The number of aromatic nitrogens is 5. The molecule has 1 amide bonds. The zero-order valence-electron chi connectivity index (χ0n) is 32.8. The SMILES string of the molecule is Cc1cccc(/C=N/Nc2nc3c(c(N4CCOCC4)n2)CN(C(=O)c2ccncc2)C3)c1.Cc1cccc(/C=N/Nc2nc3c(c(N4CCOCC4)n2)CNC3)c1. The topological polar surface area (TPSA) is 171 Å². The van der Waals surface area contributed by atoms with Gasteiger partial charge < -0.3 is 29.5 Å². The molecule has 2 saturated heterocycles. The van der Waals surface area contributed by atoms with Crippen molar-refractivity contribution < 1.29 is 14.3 Å². The van der Waals surface area contributed by atoms with Crippen LogP contribution in [0.2, 0.25) is 0 Å². The Kier molecular flexibility index (Phi) is 12.1. The standard InChI is InChI=1S/C24H25N7O2.C18H22N6O/c1-17-3-2-4-18(13-17)14-26-29-24-27-21-16-31(23(32)19-5-7-25-8-6-19)15-20(21)22(28-24)30-9-11-33-12-10-30;1-13-3-2-4-14(9-13)10-20-23-18-21-16-12-19-11-15(16)17(22-18)24-5-7-25-8-6-24/h2-8,13-14H,9-12,15-16H2,1H3,(H,27,28,29);2-4,9-10,19H,5-8,11-12H2,1H3,(H,21,22,23)/b26-14+;20-10+. The number of hydrogen-bond donors (Lipinski definition) is 3. The molecule has 5 aromatic rings. The Morgan fingerprint density at radius 2 is 1.24 bits per heavy atom. The van der Waals surface area contributed by atoms with Crippen LogP contribution in [0.15, 0.2) is 83.3 Å². The lowest BCUT2D eigenvalue weighted by Gasteiger charge is -2.29. The van der Waals surface area contributed by atoms with Crippen molar-refractivity contribution in [1.29, 1.82) is 0 Å². The summed E-state index contributed by atoms with van der Waals surface area (Å²) in [6, 6.07) is 19.7. The van der Waals surface area contributed by atoms with E-state index in [4.69, 9.17) is 19.4 Å². The predicted octanol–water partition coefficient (Wildman–Crippen LogP) is 4.29. The van der Waals surface area contributed by atoms with Crippen molar-refractivity contribution in [3.05, 3.63) is 123 Å². The number of carbonyl (C=O) groups excluding carboxylic acids is 1. The lowest BCUT2D eigenvalue weighted by Crippen LogP contribution is -2.37. The Morgan fingerprint density at radius 1 is 0.690 bits per heavy atom. The Morgan fingerprint density at radius 3 is 1.81 bits per heavy atom. The average Bonchev–Trinajstić information content (AvgIpc) is 3.92. The fourth-order valence-electron chi connectivity index (χ4n) is 7.21. The van der Waals surface area contributed by atoms with Crippen molar-refractivity contribution in [2.75, 3.05) is 73.3 Å². The largest absolute Gasteiger partial charge is 0.378 e. The number of nitrogens with one attached hydrogen (secondary N) is 3. The number of ether oxygens (including phenoxy) is 2. The van der Waals surface area contributed by atoms with E-state index >= 15 is 0 Å². The second-order valence-electron chi connectivity index (χ2n) is 14.4. The third-order valence-corrected chi connectivity index (χ3v) is 10.1. The molecule has 16 heteroatoms. The van der Waals surface area contributed by atoms with Gasteiger partial charge in [-0.15, -0.1) is 0 Å². The van der Waals surface area contributed by atoms with Gasteiger partial charge in [0.25, 0.3) is 5.91 Å². The van der Waals surface area contributed by atoms with E-state index in [1.165, 1.54) is 16.7 Å². The van der Waals surface area contributed by atoms with Crippen LogP contribution in [-0.4, -0.2) is 101 Å². The maximum atomic E-state index is 13.0. The van der Waals surface area contributed by atoms with Gasteiger partial charge in [0.15, 0.2) is 0 Å². The van der Waals surface area contributed by atoms with Gasteiger partial charge in [-0.3, -0.25) is 9.78 Å². The molecule has 0 saturated carbocycles. The highest BCUT2D eigenvalue weighted by atomic mass is 16.5. The number of nitrogens with zero attached hydrogens (tertiary/aromatic N) is 10. The highest BCUT2D eigenvalue weighted by Gasteiger charge is 2.31. The van der Waals surface area contributed by atoms with E-state index in [1.54, 1.807) is 41.9 Å². The molecule has 9 rings (SSSR count). The number of morpholine rings is 2. The highest BCUT2D eigenvalue weighted by molar-refractivity contribution is 5.94. The molecule has 58 heavy (non-hydrogen) atoms.